The third kappa shape index (κ3) is 5.15. The third-order valence-corrected chi connectivity index (χ3v) is 3.10. The molecule has 0 radical (unpaired) electrons. The molecule has 0 heterocycles. The Bertz CT molecular complexity index is 319. The van der Waals surface area contributed by atoms with E-state index >= 15 is 0 Å². The Morgan fingerprint density at radius 3 is 2.44 bits per heavy atom. The van der Waals surface area contributed by atoms with E-state index in [-0.39, 0.29) is 3.03 Å². The molecule has 0 atom stereocenters. The van der Waals surface area contributed by atoms with Crippen molar-refractivity contribution in [3.63, 3.8) is 0 Å². The molecule has 2 nitrogen and oxygen atoms in total. The molecule has 0 saturated heterocycles. The summed E-state index contributed by atoms with van der Waals surface area (Å²) in [6, 6.07) is 7.45. The molecule has 0 unspecified atom stereocenters. The van der Waals surface area contributed by atoms with E-state index in [1.54, 1.807) is 0 Å². The molecule has 3 heteroatoms. The molecule has 0 fully saturated rings. The molecular weight excluding hydrogens is 211 g/mol. The monoisotopic (exact) mass is 228 g/mol. The Balaban J connectivity index is 2.29. The van der Waals surface area contributed by atoms with Gasteiger partial charge in [0.1, 0.15) is 0 Å². The SMILES string of the molecule is CCCCCCOc1ccc([C](=O)[Na])cc1. The van der Waals surface area contributed by atoms with Crippen LogP contribution >= 0.6 is 0 Å². The minimum atomic E-state index is 0.231. The van der Waals surface area contributed by atoms with Crippen molar-refractivity contribution in [2.75, 3.05) is 6.61 Å². The van der Waals surface area contributed by atoms with Crippen LogP contribution in [0.3, 0.4) is 0 Å². The van der Waals surface area contributed by atoms with Crippen LogP contribution in [0, 0.1) is 0 Å². The molecule has 0 bridgehead atoms. The first kappa shape index (κ1) is 13.8. The summed E-state index contributed by atoms with van der Waals surface area (Å²) in [5.74, 6) is 0.864. The van der Waals surface area contributed by atoms with Gasteiger partial charge in [-0.1, -0.05) is 0 Å². The Morgan fingerprint density at radius 1 is 1.19 bits per heavy atom. The van der Waals surface area contributed by atoms with E-state index in [1.165, 1.54) is 19.3 Å². The van der Waals surface area contributed by atoms with Crippen molar-refractivity contribution in [1.82, 2.24) is 0 Å². The van der Waals surface area contributed by atoms with E-state index in [9.17, 15) is 4.79 Å². The van der Waals surface area contributed by atoms with E-state index in [1.807, 2.05) is 24.3 Å². The number of carbonyl (C=O) groups is 1. The van der Waals surface area contributed by atoms with Gasteiger partial charge in [-0.05, 0) is 0 Å². The molecule has 0 aromatic heterocycles. The van der Waals surface area contributed by atoms with Gasteiger partial charge in [-0.3, -0.25) is 0 Å². The van der Waals surface area contributed by atoms with Crippen LogP contribution in [-0.2, 0) is 0 Å². The number of unbranched alkanes of at least 4 members (excludes halogenated alkanes) is 3. The van der Waals surface area contributed by atoms with Gasteiger partial charge in [-0.2, -0.15) is 0 Å². The summed E-state index contributed by atoms with van der Waals surface area (Å²) in [7, 11) is 0. The van der Waals surface area contributed by atoms with Crippen LogP contribution in [-0.4, -0.2) is 37.6 Å². The van der Waals surface area contributed by atoms with Crippen molar-refractivity contribution in [2.24, 2.45) is 0 Å². The normalized spacial score (nSPS) is 10.2. The van der Waals surface area contributed by atoms with E-state index in [4.69, 9.17) is 4.74 Å². The van der Waals surface area contributed by atoms with Gasteiger partial charge >= 0.3 is 115 Å². The maximum atomic E-state index is 11.1. The summed E-state index contributed by atoms with van der Waals surface area (Å²) in [6.07, 6.45) is 4.86. The fourth-order valence-electron chi connectivity index (χ4n) is 1.50. The zero-order valence-corrected chi connectivity index (χ0v) is 12.2. The van der Waals surface area contributed by atoms with E-state index in [0.717, 1.165) is 24.3 Å². The van der Waals surface area contributed by atoms with Crippen LogP contribution < -0.4 is 4.74 Å². The van der Waals surface area contributed by atoms with Crippen molar-refractivity contribution < 1.29 is 9.53 Å². The van der Waals surface area contributed by atoms with Gasteiger partial charge in [0.15, 0.2) is 0 Å². The zero-order chi connectivity index (χ0) is 11.8. The topological polar surface area (TPSA) is 26.3 Å². The predicted molar refractivity (Wildman–Crippen MR) is 66.2 cm³/mol. The van der Waals surface area contributed by atoms with Gasteiger partial charge in [-0.25, -0.2) is 0 Å². The molecular formula is C13H17NaO2. The molecule has 0 spiro atoms. The molecule has 0 N–H and O–H groups in total. The second-order valence-electron chi connectivity index (χ2n) is 3.99. The summed E-state index contributed by atoms with van der Waals surface area (Å²) in [5.41, 5.74) is 0.796. The molecule has 0 saturated carbocycles. The molecule has 1 aromatic carbocycles. The van der Waals surface area contributed by atoms with E-state index < -0.39 is 0 Å². The summed E-state index contributed by atoms with van der Waals surface area (Å²) in [5, 5.41) is 0. The van der Waals surface area contributed by atoms with E-state index in [0.29, 0.717) is 27.9 Å². The third-order valence-electron chi connectivity index (χ3n) is 2.53. The summed E-state index contributed by atoms with van der Waals surface area (Å²) < 4.78 is 5.82. The average Bonchev–Trinajstić information content (AvgIpc) is 2.29. The predicted octanol–water partition coefficient (Wildman–Crippen LogP) is 2.95. The van der Waals surface area contributed by atoms with Crippen LogP contribution in [0.1, 0.15) is 43.0 Å². The average molecular weight is 228 g/mol. The molecule has 16 heavy (non-hydrogen) atoms. The van der Waals surface area contributed by atoms with Gasteiger partial charge in [0.2, 0.25) is 0 Å². The van der Waals surface area contributed by atoms with Crippen LogP contribution in [0.2, 0.25) is 0 Å². The molecule has 0 aliphatic heterocycles. The van der Waals surface area contributed by atoms with Gasteiger partial charge in [0, 0.05) is 0 Å². The molecule has 1 aromatic rings. The van der Waals surface area contributed by atoms with Gasteiger partial charge in [0.25, 0.3) is 0 Å². The fraction of sp³-hybridized carbons (Fsp3) is 0.462. The number of hydrogen-bond acceptors (Lipinski definition) is 2. The molecule has 0 aliphatic carbocycles. The minimum absolute atomic E-state index is 0.231. The number of benzene rings is 1. The second-order valence-corrected chi connectivity index (χ2v) is 4.90. The number of hydrogen-bond donors (Lipinski definition) is 0. The Hall–Kier alpha value is -0.310. The first-order valence-corrected chi connectivity index (χ1v) is 6.98. The number of rotatable bonds is 7. The zero-order valence-electron chi connectivity index (χ0n) is 10.2. The molecule has 1 rings (SSSR count). The number of carbonyl (C=O) groups excluding carboxylic acids is 1. The quantitative estimate of drug-likeness (QED) is 0.529. The van der Waals surface area contributed by atoms with Crippen LogP contribution in [0.4, 0.5) is 0 Å². The number of ether oxygens (including phenoxy) is 1. The van der Waals surface area contributed by atoms with Crippen LogP contribution in [0.5, 0.6) is 5.75 Å². The first-order valence-electron chi connectivity index (χ1n) is 5.98. The van der Waals surface area contributed by atoms with Crippen molar-refractivity contribution in [2.45, 2.75) is 32.6 Å². The summed E-state index contributed by atoms with van der Waals surface area (Å²) >= 11 is 0.579. The van der Waals surface area contributed by atoms with Crippen LogP contribution in [0.15, 0.2) is 24.3 Å². The van der Waals surface area contributed by atoms with E-state index in [2.05, 4.69) is 6.92 Å². The summed E-state index contributed by atoms with van der Waals surface area (Å²) in [6.45, 7) is 2.97. The van der Waals surface area contributed by atoms with Crippen molar-refractivity contribution in [3.05, 3.63) is 29.8 Å². The summed E-state index contributed by atoms with van der Waals surface area (Å²) in [4.78, 5) is 11.1. The van der Waals surface area contributed by atoms with Crippen molar-refractivity contribution in [1.29, 1.82) is 0 Å². The van der Waals surface area contributed by atoms with Crippen molar-refractivity contribution in [3.8, 4) is 5.75 Å². The fourth-order valence-corrected chi connectivity index (χ4v) is 1.84. The standard InChI is InChI=1S/C13H17O2.Na/c1-2-3-4-5-10-15-13-8-6-12(11-14)7-9-13;/h6-9H,2-5,10H2,1H3;. The molecule has 82 valence electrons. The van der Waals surface area contributed by atoms with Gasteiger partial charge in [-0.15, -0.1) is 0 Å². The van der Waals surface area contributed by atoms with Gasteiger partial charge in [0.05, 0.1) is 0 Å². The van der Waals surface area contributed by atoms with Crippen LogP contribution in [0.25, 0.3) is 0 Å². The van der Waals surface area contributed by atoms with Gasteiger partial charge < -0.3 is 0 Å². The van der Waals surface area contributed by atoms with Crippen molar-refractivity contribution >= 4 is 31.0 Å². The molecule has 0 amide bonds. The molecule has 0 aliphatic rings. The second kappa shape index (κ2) is 7.88. The Morgan fingerprint density at radius 2 is 1.88 bits per heavy atom. The maximum absolute atomic E-state index is 11.1. The first-order chi connectivity index (χ1) is 7.74. The Kier molecular flexibility index (Phi) is 6.78. The Labute approximate surface area is 115 Å².